The molecular formula is C9H13N3O3. The maximum atomic E-state index is 11.7. The van der Waals surface area contributed by atoms with Crippen molar-refractivity contribution in [1.82, 2.24) is 10.3 Å². The molecule has 0 saturated carbocycles. The Labute approximate surface area is 86.9 Å². The molecule has 0 aromatic carbocycles. The highest BCUT2D eigenvalue weighted by Crippen LogP contribution is 2.16. The Morgan fingerprint density at radius 1 is 1.53 bits per heavy atom. The molecule has 2 heterocycles. The summed E-state index contributed by atoms with van der Waals surface area (Å²) in [5.41, 5.74) is 2.70. The molecule has 0 bridgehead atoms. The van der Waals surface area contributed by atoms with Crippen molar-refractivity contribution in [1.29, 1.82) is 0 Å². The van der Waals surface area contributed by atoms with E-state index in [0.717, 1.165) is 0 Å². The second-order valence-corrected chi connectivity index (χ2v) is 3.85. The number of nitrogens with zero attached hydrogens (tertiary/aromatic N) is 2. The standard InChI is InChI=1S/C9H13N3O3/c13-5-6-3-12(4-6)9(15)7-1-2-8(14)11-10-7/h6,13H,1-5H2,(H,11,14). The van der Waals surface area contributed by atoms with Crippen LogP contribution in [0.3, 0.4) is 0 Å². The van der Waals surface area contributed by atoms with Gasteiger partial charge in [-0.2, -0.15) is 5.10 Å². The molecule has 0 atom stereocenters. The van der Waals surface area contributed by atoms with Gasteiger partial charge in [0.1, 0.15) is 5.71 Å². The first-order chi connectivity index (χ1) is 7.20. The molecule has 2 rings (SSSR count). The van der Waals surface area contributed by atoms with Crippen molar-refractivity contribution in [2.75, 3.05) is 19.7 Å². The number of carbonyl (C=O) groups excluding carboxylic acids is 2. The van der Waals surface area contributed by atoms with Gasteiger partial charge in [-0.05, 0) is 0 Å². The predicted molar refractivity (Wildman–Crippen MR) is 52.0 cm³/mol. The zero-order valence-electron chi connectivity index (χ0n) is 8.27. The summed E-state index contributed by atoms with van der Waals surface area (Å²) in [6.45, 7) is 1.29. The largest absolute Gasteiger partial charge is 0.396 e. The minimum Gasteiger partial charge on any atom is -0.396 e. The fourth-order valence-corrected chi connectivity index (χ4v) is 1.66. The van der Waals surface area contributed by atoms with Gasteiger partial charge >= 0.3 is 0 Å². The predicted octanol–water partition coefficient (Wildman–Crippen LogP) is -1.30. The van der Waals surface area contributed by atoms with Gasteiger partial charge in [0.05, 0.1) is 0 Å². The van der Waals surface area contributed by atoms with Gasteiger partial charge in [0.15, 0.2) is 0 Å². The molecule has 82 valence electrons. The fraction of sp³-hybridized carbons (Fsp3) is 0.667. The van der Waals surface area contributed by atoms with E-state index in [2.05, 4.69) is 10.5 Å². The van der Waals surface area contributed by atoms with Crippen molar-refractivity contribution >= 4 is 17.5 Å². The Bertz CT molecular complexity index is 321. The van der Waals surface area contributed by atoms with Crippen LogP contribution in [0.15, 0.2) is 5.10 Å². The van der Waals surface area contributed by atoms with Crippen molar-refractivity contribution in [3.8, 4) is 0 Å². The highest BCUT2D eigenvalue weighted by Gasteiger charge is 2.33. The lowest BCUT2D eigenvalue weighted by molar-refractivity contribution is -0.131. The molecule has 0 spiro atoms. The molecule has 6 nitrogen and oxygen atoms in total. The van der Waals surface area contributed by atoms with E-state index in [9.17, 15) is 9.59 Å². The van der Waals surface area contributed by atoms with E-state index in [1.54, 1.807) is 4.90 Å². The molecular weight excluding hydrogens is 198 g/mol. The maximum Gasteiger partial charge on any atom is 0.270 e. The number of carbonyl (C=O) groups is 2. The number of nitrogens with one attached hydrogen (secondary N) is 1. The van der Waals surface area contributed by atoms with Gasteiger partial charge in [-0.3, -0.25) is 9.59 Å². The Hall–Kier alpha value is -1.43. The summed E-state index contributed by atoms with van der Waals surface area (Å²) in [6, 6.07) is 0. The van der Waals surface area contributed by atoms with E-state index < -0.39 is 0 Å². The third kappa shape index (κ3) is 1.99. The minimum atomic E-state index is -0.150. The fourth-order valence-electron chi connectivity index (χ4n) is 1.66. The summed E-state index contributed by atoms with van der Waals surface area (Å²) in [7, 11) is 0. The summed E-state index contributed by atoms with van der Waals surface area (Å²) >= 11 is 0. The van der Waals surface area contributed by atoms with Crippen LogP contribution in [0.5, 0.6) is 0 Å². The van der Waals surface area contributed by atoms with Crippen molar-refractivity contribution in [2.24, 2.45) is 11.0 Å². The molecule has 15 heavy (non-hydrogen) atoms. The van der Waals surface area contributed by atoms with Crippen LogP contribution in [-0.2, 0) is 9.59 Å². The Morgan fingerprint density at radius 2 is 2.27 bits per heavy atom. The summed E-state index contributed by atoms with van der Waals surface area (Å²) in [4.78, 5) is 24.2. The van der Waals surface area contributed by atoms with Crippen LogP contribution in [0.2, 0.25) is 0 Å². The van der Waals surface area contributed by atoms with E-state index in [4.69, 9.17) is 5.11 Å². The van der Waals surface area contributed by atoms with Gasteiger partial charge in [0.25, 0.3) is 5.91 Å². The number of hydrogen-bond acceptors (Lipinski definition) is 4. The summed E-state index contributed by atoms with van der Waals surface area (Å²) in [5.74, 6) is -0.0733. The Morgan fingerprint density at radius 3 is 2.80 bits per heavy atom. The third-order valence-electron chi connectivity index (χ3n) is 2.65. The molecule has 0 aromatic heterocycles. The first-order valence-corrected chi connectivity index (χ1v) is 4.96. The molecule has 0 aliphatic carbocycles. The number of amides is 2. The van der Waals surface area contributed by atoms with Gasteiger partial charge in [-0.15, -0.1) is 0 Å². The SMILES string of the molecule is O=C1CCC(C(=O)N2CC(CO)C2)=NN1. The number of rotatable bonds is 2. The van der Waals surface area contributed by atoms with Gasteiger partial charge in [0.2, 0.25) is 5.91 Å². The van der Waals surface area contributed by atoms with E-state index in [1.165, 1.54) is 0 Å². The van der Waals surface area contributed by atoms with Gasteiger partial charge in [-0.25, -0.2) is 5.43 Å². The summed E-state index contributed by atoms with van der Waals surface area (Å²) in [5, 5.41) is 12.5. The first kappa shape index (κ1) is 10.1. The number of likely N-dealkylation sites (tertiary alicyclic amines) is 1. The molecule has 1 saturated heterocycles. The topological polar surface area (TPSA) is 82.0 Å². The highest BCUT2D eigenvalue weighted by molar-refractivity contribution is 6.39. The molecule has 0 unspecified atom stereocenters. The number of hydrazone groups is 1. The van der Waals surface area contributed by atoms with Crippen LogP contribution in [0, 0.1) is 5.92 Å². The highest BCUT2D eigenvalue weighted by atomic mass is 16.3. The first-order valence-electron chi connectivity index (χ1n) is 4.96. The molecule has 1 fully saturated rings. The molecule has 0 aromatic rings. The number of hydrogen-bond donors (Lipinski definition) is 2. The zero-order valence-corrected chi connectivity index (χ0v) is 8.27. The van der Waals surface area contributed by atoms with Gasteiger partial charge in [-0.1, -0.05) is 0 Å². The van der Waals surface area contributed by atoms with Gasteiger partial charge in [0, 0.05) is 38.5 Å². The van der Waals surface area contributed by atoms with E-state index in [0.29, 0.717) is 31.6 Å². The van der Waals surface area contributed by atoms with Crippen LogP contribution >= 0.6 is 0 Å². The number of aliphatic hydroxyl groups excluding tert-OH is 1. The van der Waals surface area contributed by atoms with Crippen LogP contribution in [-0.4, -0.2) is 47.2 Å². The lowest BCUT2D eigenvalue weighted by Gasteiger charge is -2.38. The summed E-state index contributed by atoms with van der Waals surface area (Å²) in [6.07, 6.45) is 0.729. The molecule has 2 aliphatic rings. The van der Waals surface area contributed by atoms with E-state index in [-0.39, 0.29) is 24.3 Å². The van der Waals surface area contributed by atoms with Crippen molar-refractivity contribution in [3.05, 3.63) is 0 Å². The van der Waals surface area contributed by atoms with Crippen LogP contribution < -0.4 is 5.43 Å². The smallest absolute Gasteiger partial charge is 0.270 e. The summed E-state index contributed by atoms with van der Waals surface area (Å²) < 4.78 is 0. The third-order valence-corrected chi connectivity index (χ3v) is 2.65. The lowest BCUT2D eigenvalue weighted by atomic mass is 10.00. The quantitative estimate of drug-likeness (QED) is 0.595. The molecule has 0 radical (unpaired) electrons. The zero-order chi connectivity index (χ0) is 10.8. The van der Waals surface area contributed by atoms with Crippen LogP contribution in [0.4, 0.5) is 0 Å². The minimum absolute atomic E-state index is 0.118. The second-order valence-electron chi connectivity index (χ2n) is 3.85. The second kappa shape index (κ2) is 3.98. The van der Waals surface area contributed by atoms with Crippen molar-refractivity contribution < 1.29 is 14.7 Å². The average Bonchev–Trinajstić information content (AvgIpc) is 2.17. The van der Waals surface area contributed by atoms with Crippen molar-refractivity contribution in [2.45, 2.75) is 12.8 Å². The number of aliphatic hydroxyl groups is 1. The molecule has 2 aliphatic heterocycles. The molecule has 6 heteroatoms. The van der Waals surface area contributed by atoms with Crippen LogP contribution in [0.1, 0.15) is 12.8 Å². The van der Waals surface area contributed by atoms with Crippen molar-refractivity contribution in [3.63, 3.8) is 0 Å². The van der Waals surface area contributed by atoms with E-state index >= 15 is 0 Å². The monoisotopic (exact) mass is 211 g/mol. The Kier molecular flexibility index (Phi) is 2.68. The van der Waals surface area contributed by atoms with Crippen LogP contribution in [0.25, 0.3) is 0 Å². The van der Waals surface area contributed by atoms with Gasteiger partial charge < -0.3 is 10.0 Å². The molecule has 2 N–H and O–H groups in total. The van der Waals surface area contributed by atoms with E-state index in [1.807, 2.05) is 0 Å². The lowest BCUT2D eigenvalue weighted by Crippen LogP contribution is -2.54. The normalized spacial score (nSPS) is 21.8. The average molecular weight is 211 g/mol. The molecule has 2 amide bonds. The maximum absolute atomic E-state index is 11.7. The Balaban J connectivity index is 1.89.